The fourth-order valence-electron chi connectivity index (χ4n) is 0.697. The van der Waals surface area contributed by atoms with Gasteiger partial charge in [-0.15, -0.1) is 59.2 Å². The van der Waals surface area contributed by atoms with Crippen LogP contribution in [0.5, 0.6) is 0 Å². The maximum absolute atomic E-state index is 3.60. The second-order valence-electron chi connectivity index (χ2n) is 7.74. The second-order valence-corrected chi connectivity index (χ2v) is 7.74. The van der Waals surface area contributed by atoms with Crippen molar-refractivity contribution in [2.24, 2.45) is 0 Å². The second kappa shape index (κ2) is 121. The molecule has 0 spiro atoms. The van der Waals surface area contributed by atoms with Gasteiger partial charge in [0.1, 0.15) is 0 Å². The molecular formula is C40H80. The van der Waals surface area contributed by atoms with Crippen LogP contribution in [0.2, 0.25) is 0 Å². The molecule has 0 bridgehead atoms. The Balaban J connectivity index is -0.0000000389. The summed E-state index contributed by atoms with van der Waals surface area (Å²) in [5, 5.41) is 0. The summed E-state index contributed by atoms with van der Waals surface area (Å²) in [5.41, 5.74) is 0. The van der Waals surface area contributed by atoms with Crippen molar-refractivity contribution in [1.82, 2.24) is 0 Å². The summed E-state index contributed by atoms with van der Waals surface area (Å²) in [7, 11) is 0. The van der Waals surface area contributed by atoms with E-state index in [1.54, 1.807) is 0 Å². The molecule has 0 atom stereocenters. The number of allylic oxidation sites excluding steroid dienone is 9. The maximum atomic E-state index is 3.60. The number of hydrogen-bond acceptors (Lipinski definition) is 0. The molecule has 0 heterocycles. The first-order valence-electron chi connectivity index (χ1n) is 15.7. The highest BCUT2D eigenvalue weighted by Gasteiger charge is 1.72. The predicted molar refractivity (Wildman–Crippen MR) is 203 cm³/mol. The van der Waals surface area contributed by atoms with E-state index in [0.29, 0.717) is 0 Å². The molecule has 0 amide bonds. The molecule has 240 valence electrons. The lowest BCUT2D eigenvalue weighted by molar-refractivity contribution is 0.816. The van der Waals surface area contributed by atoms with Gasteiger partial charge in [0.05, 0.1) is 0 Å². The topological polar surface area (TPSA) is 0 Å². The van der Waals surface area contributed by atoms with Gasteiger partial charge < -0.3 is 0 Å². The Hall–Kier alpha value is -2.34. The van der Waals surface area contributed by atoms with E-state index in [9.17, 15) is 0 Å². The Morgan fingerprint density at radius 2 is 0.400 bits per heavy atom. The molecule has 0 saturated carbocycles. The molecule has 0 heteroatoms. The minimum absolute atomic E-state index is 1.08. The molecule has 0 aromatic rings. The van der Waals surface area contributed by atoms with Crippen molar-refractivity contribution in [1.29, 1.82) is 0 Å². The average molecular weight is 561 g/mol. The molecule has 0 nitrogen and oxygen atoms in total. The highest BCUT2D eigenvalue weighted by atomic mass is 13.8. The largest absolute Gasteiger partial charge is 0.103 e. The van der Waals surface area contributed by atoms with Gasteiger partial charge in [-0.05, 0) is 57.8 Å². The van der Waals surface area contributed by atoms with Gasteiger partial charge in [0.15, 0.2) is 0 Å². The Morgan fingerprint density at radius 1 is 0.275 bits per heavy atom. The molecule has 0 aliphatic heterocycles. The van der Waals surface area contributed by atoms with Crippen molar-refractivity contribution in [3.8, 4) is 0 Å². The van der Waals surface area contributed by atoms with Gasteiger partial charge in [-0.25, -0.2) is 0 Å². The number of hydrogen-bond donors (Lipinski definition) is 0. The van der Waals surface area contributed by atoms with Crippen molar-refractivity contribution < 1.29 is 0 Å². The highest BCUT2D eigenvalue weighted by Crippen LogP contribution is 1.92. The molecule has 0 fully saturated rings. The monoisotopic (exact) mass is 561 g/mol. The van der Waals surface area contributed by atoms with Crippen molar-refractivity contribution >= 4 is 0 Å². The van der Waals surface area contributed by atoms with Crippen LogP contribution in [0.4, 0.5) is 0 Å². The average Bonchev–Trinajstić information content (AvgIpc) is 3.03. The van der Waals surface area contributed by atoms with Crippen molar-refractivity contribution in [3.63, 3.8) is 0 Å². The predicted octanol–water partition coefficient (Wildman–Crippen LogP) is 15.8. The molecule has 0 saturated heterocycles. The van der Waals surface area contributed by atoms with E-state index in [1.807, 2.05) is 54.7 Å². The van der Waals surface area contributed by atoms with Crippen LogP contribution in [0.15, 0.2) is 114 Å². The van der Waals surface area contributed by atoms with E-state index in [-0.39, 0.29) is 0 Å². The highest BCUT2D eigenvalue weighted by molar-refractivity contribution is 4.65. The first-order chi connectivity index (χ1) is 19.2. The molecule has 0 radical (unpaired) electrons. The van der Waals surface area contributed by atoms with Gasteiger partial charge in [-0.1, -0.05) is 143 Å². The van der Waals surface area contributed by atoms with Crippen LogP contribution < -0.4 is 0 Å². The number of unbranched alkanes of at least 4 members (excludes halogenated alkanes) is 4. The normalized spacial score (nSPS) is 6.83. The Kier molecular flexibility index (Phi) is 186. The minimum atomic E-state index is 1.08. The zero-order valence-corrected chi connectivity index (χ0v) is 29.8. The fourth-order valence-corrected chi connectivity index (χ4v) is 0.697. The van der Waals surface area contributed by atoms with Gasteiger partial charge in [0.25, 0.3) is 0 Å². The quantitative estimate of drug-likeness (QED) is 0.155. The third-order valence-corrected chi connectivity index (χ3v) is 3.54. The SMILES string of the molecule is C=CCC.C=CCC.C=CCC.C=CCC.C=CCC.C=CCC.C=CCC.C=CCCCC.C=CCCCC. The maximum Gasteiger partial charge on any atom is -0.0354 e. The molecule has 0 aromatic heterocycles. The lowest BCUT2D eigenvalue weighted by Crippen LogP contribution is -1.61. The van der Waals surface area contributed by atoms with Gasteiger partial charge >= 0.3 is 0 Å². The summed E-state index contributed by atoms with van der Waals surface area (Å²) in [4.78, 5) is 0. The molecule has 40 heavy (non-hydrogen) atoms. The molecule has 0 aliphatic carbocycles. The Morgan fingerprint density at radius 3 is 0.425 bits per heavy atom. The zero-order chi connectivity index (χ0) is 33.6. The first-order valence-corrected chi connectivity index (χ1v) is 15.7. The molecule has 0 aromatic carbocycles. The van der Waals surface area contributed by atoms with E-state index in [0.717, 1.165) is 44.9 Å². The summed E-state index contributed by atoms with van der Waals surface area (Å²) in [6.07, 6.45) is 32.1. The number of rotatable bonds is 13. The van der Waals surface area contributed by atoms with Crippen molar-refractivity contribution in [2.45, 2.75) is 146 Å². The molecule has 0 unspecified atom stereocenters. The van der Waals surface area contributed by atoms with Gasteiger partial charge in [-0.2, -0.15) is 0 Å². The van der Waals surface area contributed by atoms with Crippen LogP contribution >= 0.6 is 0 Å². The van der Waals surface area contributed by atoms with Gasteiger partial charge in [-0.3, -0.25) is 0 Å². The van der Waals surface area contributed by atoms with Crippen LogP contribution in [0.1, 0.15) is 146 Å². The Labute approximate surface area is 259 Å². The zero-order valence-electron chi connectivity index (χ0n) is 29.8. The summed E-state index contributed by atoms with van der Waals surface area (Å²) in [6, 6.07) is 0. The Bertz CT molecular complexity index is 317. The van der Waals surface area contributed by atoms with Crippen molar-refractivity contribution in [2.75, 3.05) is 0 Å². The third-order valence-electron chi connectivity index (χ3n) is 3.54. The van der Waals surface area contributed by atoms with Gasteiger partial charge in [0.2, 0.25) is 0 Å². The fraction of sp³-hybridized carbons (Fsp3) is 0.550. The van der Waals surface area contributed by atoms with E-state index in [1.165, 1.54) is 38.5 Å². The molecular weight excluding hydrogens is 480 g/mol. The van der Waals surface area contributed by atoms with E-state index in [4.69, 9.17) is 0 Å². The van der Waals surface area contributed by atoms with E-state index >= 15 is 0 Å². The molecule has 0 N–H and O–H groups in total. The minimum Gasteiger partial charge on any atom is -0.103 e. The van der Waals surface area contributed by atoms with Crippen LogP contribution in [0, 0.1) is 0 Å². The summed E-state index contributed by atoms with van der Waals surface area (Å²) < 4.78 is 0. The lowest BCUT2D eigenvalue weighted by atomic mass is 10.3. The third kappa shape index (κ3) is 377. The molecule has 0 aliphatic rings. The smallest absolute Gasteiger partial charge is 0.0354 e. The summed E-state index contributed by atoms with van der Waals surface area (Å²) in [5.74, 6) is 0. The first kappa shape index (κ1) is 61.6. The van der Waals surface area contributed by atoms with Crippen LogP contribution in [-0.2, 0) is 0 Å². The molecule has 0 rings (SSSR count). The van der Waals surface area contributed by atoms with E-state index in [2.05, 4.69) is 122 Å². The van der Waals surface area contributed by atoms with Crippen molar-refractivity contribution in [3.05, 3.63) is 114 Å². The van der Waals surface area contributed by atoms with E-state index < -0.39 is 0 Å². The lowest BCUT2D eigenvalue weighted by Gasteiger charge is -1.81. The van der Waals surface area contributed by atoms with Gasteiger partial charge in [0, 0.05) is 0 Å². The summed E-state index contributed by atoms with van der Waals surface area (Å²) in [6.45, 7) is 50.4. The van der Waals surface area contributed by atoms with Crippen LogP contribution in [-0.4, -0.2) is 0 Å². The van der Waals surface area contributed by atoms with Crippen LogP contribution in [0.25, 0.3) is 0 Å². The summed E-state index contributed by atoms with van der Waals surface area (Å²) >= 11 is 0. The standard InChI is InChI=1S/2C6H12.7C4H8/c2*1-3-5-6-4-2;7*1-3-4-2/h2*3H,1,4-6H2,2H3;7*3H,1,4H2,2H3. The van der Waals surface area contributed by atoms with Crippen LogP contribution in [0.3, 0.4) is 0 Å².